The van der Waals surface area contributed by atoms with Crippen LogP contribution in [-0.4, -0.2) is 59.3 Å². The third-order valence-corrected chi connectivity index (χ3v) is 3.78. The number of thioether (sulfide) groups is 1. The molecule has 1 rings (SSSR count). The predicted octanol–water partition coefficient (Wildman–Crippen LogP) is 1.13. The number of morpholine rings is 1. The Balaban J connectivity index is 2.29. The van der Waals surface area contributed by atoms with Gasteiger partial charge in [-0.1, -0.05) is 13.3 Å². The molecular weight excluding hydrogens is 238 g/mol. The number of hydrogen-bond acceptors (Lipinski definition) is 4. The van der Waals surface area contributed by atoms with Crippen molar-refractivity contribution >= 4 is 17.7 Å². The summed E-state index contributed by atoms with van der Waals surface area (Å²) in [6.45, 7) is 5.24. The molecule has 0 radical (unpaired) electrons. The zero-order valence-electron chi connectivity index (χ0n) is 10.7. The summed E-state index contributed by atoms with van der Waals surface area (Å²) in [4.78, 5) is 13.7. The zero-order valence-corrected chi connectivity index (χ0v) is 11.5. The number of nitrogens with zero attached hydrogens (tertiary/aromatic N) is 1. The van der Waals surface area contributed by atoms with Crippen molar-refractivity contribution in [1.29, 1.82) is 0 Å². The van der Waals surface area contributed by atoms with E-state index in [0.29, 0.717) is 18.8 Å². The highest BCUT2D eigenvalue weighted by atomic mass is 32.2. The molecule has 0 aromatic carbocycles. The molecule has 0 aliphatic carbocycles. The summed E-state index contributed by atoms with van der Waals surface area (Å²) in [6, 6.07) is 0. The molecule has 0 spiro atoms. The first-order valence-electron chi connectivity index (χ1n) is 6.29. The molecule has 4 nitrogen and oxygen atoms in total. The lowest BCUT2D eigenvalue weighted by Gasteiger charge is -2.36. The molecule has 1 aliphatic heterocycles. The molecule has 1 amide bonds. The molecule has 2 unspecified atom stereocenters. The van der Waals surface area contributed by atoms with Gasteiger partial charge in [0, 0.05) is 13.1 Å². The Kier molecular flexibility index (Phi) is 6.92. The Bertz CT molecular complexity index is 238. The zero-order chi connectivity index (χ0) is 12.7. The summed E-state index contributed by atoms with van der Waals surface area (Å²) in [5.41, 5.74) is 0. The molecule has 1 fully saturated rings. The summed E-state index contributed by atoms with van der Waals surface area (Å²) in [5.74, 6) is 1.76. The molecule has 5 heteroatoms. The molecule has 1 aliphatic rings. The van der Waals surface area contributed by atoms with Gasteiger partial charge in [-0.25, -0.2) is 0 Å². The summed E-state index contributed by atoms with van der Waals surface area (Å²) in [7, 11) is 0. The van der Waals surface area contributed by atoms with E-state index in [1.165, 1.54) is 6.42 Å². The van der Waals surface area contributed by atoms with Crippen LogP contribution in [0.1, 0.15) is 26.7 Å². The van der Waals surface area contributed by atoms with Gasteiger partial charge in [0.05, 0.1) is 24.6 Å². The normalized spacial score (nSPS) is 25.0. The predicted molar refractivity (Wildman–Crippen MR) is 70.2 cm³/mol. The largest absolute Gasteiger partial charge is 0.394 e. The maximum absolute atomic E-state index is 11.9. The highest BCUT2D eigenvalue weighted by Gasteiger charge is 2.27. The first-order chi connectivity index (χ1) is 8.17. The van der Waals surface area contributed by atoms with Crippen LogP contribution in [0.3, 0.4) is 0 Å². The third kappa shape index (κ3) is 5.27. The van der Waals surface area contributed by atoms with E-state index in [4.69, 9.17) is 9.84 Å². The summed E-state index contributed by atoms with van der Waals surface area (Å²) < 4.78 is 5.51. The second-order valence-electron chi connectivity index (χ2n) is 4.46. The first-order valence-corrected chi connectivity index (χ1v) is 7.44. The van der Waals surface area contributed by atoms with E-state index in [0.717, 1.165) is 12.2 Å². The van der Waals surface area contributed by atoms with Crippen LogP contribution in [0.15, 0.2) is 0 Å². The van der Waals surface area contributed by atoms with Crippen LogP contribution in [-0.2, 0) is 9.53 Å². The number of hydrogen-bond donors (Lipinski definition) is 1. The van der Waals surface area contributed by atoms with E-state index < -0.39 is 0 Å². The Hall–Kier alpha value is -0.260. The summed E-state index contributed by atoms with van der Waals surface area (Å²) >= 11 is 1.70. The molecule has 1 saturated heterocycles. The molecule has 0 saturated carbocycles. The number of aliphatic hydroxyl groups excluding tert-OH is 1. The van der Waals surface area contributed by atoms with Crippen LogP contribution in [0, 0.1) is 0 Å². The van der Waals surface area contributed by atoms with Crippen molar-refractivity contribution in [2.75, 3.05) is 31.2 Å². The van der Waals surface area contributed by atoms with E-state index >= 15 is 0 Å². The van der Waals surface area contributed by atoms with Gasteiger partial charge in [0.1, 0.15) is 0 Å². The smallest absolute Gasteiger partial charge is 0.232 e. The highest BCUT2D eigenvalue weighted by molar-refractivity contribution is 7.99. The van der Waals surface area contributed by atoms with E-state index in [9.17, 15) is 4.79 Å². The first kappa shape index (κ1) is 14.8. The SMILES string of the molecule is CCCCSCC(=O)N1CC(C)OC(CO)C1. The molecule has 0 aromatic heterocycles. The Labute approximate surface area is 108 Å². The number of rotatable bonds is 6. The summed E-state index contributed by atoms with van der Waals surface area (Å²) in [5, 5.41) is 9.09. The standard InChI is InChI=1S/C12H23NO3S/c1-3-4-5-17-9-12(15)13-6-10(2)16-11(7-13)8-14/h10-11,14H,3-9H2,1-2H3. The van der Waals surface area contributed by atoms with Gasteiger partial charge in [-0.15, -0.1) is 0 Å². The minimum absolute atomic E-state index is 0.0168. The molecule has 2 atom stereocenters. The minimum atomic E-state index is -0.219. The quantitative estimate of drug-likeness (QED) is 0.728. The average molecular weight is 261 g/mol. The van der Waals surface area contributed by atoms with E-state index in [1.54, 1.807) is 11.8 Å². The Morgan fingerprint density at radius 2 is 2.29 bits per heavy atom. The second kappa shape index (κ2) is 7.95. The minimum Gasteiger partial charge on any atom is -0.394 e. The monoisotopic (exact) mass is 261 g/mol. The van der Waals surface area contributed by atoms with Crippen molar-refractivity contribution < 1.29 is 14.6 Å². The van der Waals surface area contributed by atoms with Gasteiger partial charge in [-0.05, 0) is 19.1 Å². The van der Waals surface area contributed by atoms with Crippen LogP contribution < -0.4 is 0 Å². The van der Waals surface area contributed by atoms with Gasteiger partial charge in [-0.2, -0.15) is 11.8 Å². The van der Waals surface area contributed by atoms with Gasteiger partial charge >= 0.3 is 0 Å². The van der Waals surface area contributed by atoms with Crippen LogP contribution in [0.2, 0.25) is 0 Å². The van der Waals surface area contributed by atoms with Crippen molar-refractivity contribution in [2.24, 2.45) is 0 Å². The van der Waals surface area contributed by atoms with Gasteiger partial charge in [0.15, 0.2) is 0 Å². The van der Waals surface area contributed by atoms with E-state index in [1.807, 2.05) is 11.8 Å². The fourth-order valence-corrected chi connectivity index (χ4v) is 2.84. The van der Waals surface area contributed by atoms with Crippen LogP contribution in [0.25, 0.3) is 0 Å². The van der Waals surface area contributed by atoms with E-state index in [2.05, 4.69) is 6.92 Å². The molecule has 0 aromatic rings. The fraction of sp³-hybridized carbons (Fsp3) is 0.917. The lowest BCUT2D eigenvalue weighted by molar-refractivity contribution is -0.144. The lowest BCUT2D eigenvalue weighted by Crippen LogP contribution is -2.50. The molecule has 1 heterocycles. The lowest BCUT2D eigenvalue weighted by atomic mass is 10.2. The topological polar surface area (TPSA) is 49.8 Å². The number of ether oxygens (including phenoxy) is 1. The molecule has 1 N–H and O–H groups in total. The number of amides is 1. The molecule has 100 valence electrons. The number of carbonyl (C=O) groups excluding carboxylic acids is 1. The number of unbranched alkanes of at least 4 members (excludes halogenated alkanes) is 1. The van der Waals surface area contributed by atoms with Crippen LogP contribution >= 0.6 is 11.8 Å². The van der Waals surface area contributed by atoms with Gasteiger partial charge in [0.2, 0.25) is 5.91 Å². The highest BCUT2D eigenvalue weighted by Crippen LogP contribution is 2.13. The van der Waals surface area contributed by atoms with Gasteiger partial charge < -0.3 is 14.7 Å². The van der Waals surface area contributed by atoms with Gasteiger partial charge in [0.25, 0.3) is 0 Å². The molecule has 0 bridgehead atoms. The summed E-state index contributed by atoms with van der Waals surface area (Å²) in [6.07, 6.45) is 2.13. The van der Waals surface area contributed by atoms with Crippen molar-refractivity contribution in [3.05, 3.63) is 0 Å². The van der Waals surface area contributed by atoms with Crippen LogP contribution in [0.5, 0.6) is 0 Å². The Morgan fingerprint density at radius 1 is 1.53 bits per heavy atom. The van der Waals surface area contributed by atoms with Crippen molar-refractivity contribution in [2.45, 2.75) is 38.9 Å². The number of carbonyl (C=O) groups is 1. The second-order valence-corrected chi connectivity index (χ2v) is 5.56. The number of aliphatic hydroxyl groups is 1. The molecular formula is C12H23NO3S. The van der Waals surface area contributed by atoms with Crippen LogP contribution in [0.4, 0.5) is 0 Å². The fourth-order valence-electron chi connectivity index (χ4n) is 1.85. The Morgan fingerprint density at radius 3 is 2.94 bits per heavy atom. The van der Waals surface area contributed by atoms with Gasteiger partial charge in [-0.3, -0.25) is 4.79 Å². The maximum atomic E-state index is 11.9. The van der Waals surface area contributed by atoms with Crippen molar-refractivity contribution in [3.8, 4) is 0 Å². The van der Waals surface area contributed by atoms with E-state index in [-0.39, 0.29) is 24.7 Å². The average Bonchev–Trinajstić information content (AvgIpc) is 2.33. The van der Waals surface area contributed by atoms with Crippen molar-refractivity contribution in [3.63, 3.8) is 0 Å². The third-order valence-electron chi connectivity index (χ3n) is 2.75. The molecule has 17 heavy (non-hydrogen) atoms. The van der Waals surface area contributed by atoms with Crippen molar-refractivity contribution in [1.82, 2.24) is 4.90 Å². The maximum Gasteiger partial charge on any atom is 0.232 e.